The molecule has 0 saturated carbocycles. The molecular formula is C9H7FINO. The Labute approximate surface area is 89.5 Å². The second-order valence-electron chi connectivity index (χ2n) is 2.31. The van der Waals surface area contributed by atoms with E-state index in [2.05, 4.69) is 0 Å². The highest BCUT2D eigenvalue weighted by Gasteiger charge is 2.09. The molecule has 0 atom stereocenters. The van der Waals surface area contributed by atoms with E-state index < -0.39 is 5.82 Å². The highest BCUT2D eigenvalue weighted by atomic mass is 127. The second kappa shape index (κ2) is 4.42. The molecule has 0 aliphatic heterocycles. The first kappa shape index (κ1) is 10.3. The maximum Gasteiger partial charge on any atom is 0.150 e. The zero-order valence-electron chi connectivity index (χ0n) is 6.97. The van der Waals surface area contributed by atoms with E-state index in [0.29, 0.717) is 15.9 Å². The number of benzene rings is 1. The fourth-order valence-electron chi connectivity index (χ4n) is 0.934. The topological polar surface area (TPSA) is 33.0 Å². The van der Waals surface area contributed by atoms with Crippen LogP contribution in [0.3, 0.4) is 0 Å². The van der Waals surface area contributed by atoms with Gasteiger partial charge in [0.15, 0.2) is 5.75 Å². The average Bonchev–Trinajstić information content (AvgIpc) is 2.09. The lowest BCUT2D eigenvalue weighted by atomic mass is 10.2. The standard InChI is InChI=1S/C9H7FINO/c1-2-13-9-6(5-12)3-7(10)4-8(9)11/h3-4H,2H2,1H3. The summed E-state index contributed by atoms with van der Waals surface area (Å²) in [5, 5.41) is 8.69. The van der Waals surface area contributed by atoms with Crippen LogP contribution in [0.25, 0.3) is 0 Å². The van der Waals surface area contributed by atoms with Crippen LogP contribution in [0.15, 0.2) is 12.1 Å². The molecule has 1 aromatic rings. The molecule has 1 aromatic carbocycles. The molecule has 0 bridgehead atoms. The Balaban J connectivity index is 3.23. The summed E-state index contributed by atoms with van der Waals surface area (Å²) in [5.41, 5.74) is 0.242. The van der Waals surface area contributed by atoms with Gasteiger partial charge in [-0.3, -0.25) is 0 Å². The Kier molecular flexibility index (Phi) is 3.48. The number of ether oxygens (including phenoxy) is 1. The van der Waals surface area contributed by atoms with Crippen molar-refractivity contribution in [3.8, 4) is 11.8 Å². The van der Waals surface area contributed by atoms with Gasteiger partial charge in [0.1, 0.15) is 11.9 Å². The minimum atomic E-state index is -0.413. The molecule has 2 nitrogen and oxygen atoms in total. The van der Waals surface area contributed by atoms with E-state index in [-0.39, 0.29) is 5.56 Å². The fourth-order valence-corrected chi connectivity index (χ4v) is 1.68. The van der Waals surface area contributed by atoms with Crippen molar-refractivity contribution in [1.82, 2.24) is 0 Å². The summed E-state index contributed by atoms with van der Waals surface area (Å²) in [6.07, 6.45) is 0. The zero-order chi connectivity index (χ0) is 9.84. The molecule has 0 unspecified atom stereocenters. The van der Waals surface area contributed by atoms with Crippen molar-refractivity contribution >= 4 is 22.6 Å². The van der Waals surface area contributed by atoms with Crippen LogP contribution < -0.4 is 4.74 Å². The Morgan fingerprint density at radius 3 is 2.85 bits per heavy atom. The van der Waals surface area contributed by atoms with Gasteiger partial charge in [-0.1, -0.05) is 0 Å². The monoisotopic (exact) mass is 291 g/mol. The smallest absolute Gasteiger partial charge is 0.150 e. The van der Waals surface area contributed by atoms with Crippen molar-refractivity contribution in [2.24, 2.45) is 0 Å². The van der Waals surface area contributed by atoms with Gasteiger partial charge in [-0.2, -0.15) is 5.26 Å². The normalized spacial score (nSPS) is 9.38. The molecule has 0 spiro atoms. The molecule has 0 aliphatic carbocycles. The van der Waals surface area contributed by atoms with Crippen molar-refractivity contribution in [3.63, 3.8) is 0 Å². The van der Waals surface area contributed by atoms with Crippen LogP contribution in [0.4, 0.5) is 4.39 Å². The van der Waals surface area contributed by atoms with Gasteiger partial charge in [-0.25, -0.2) is 4.39 Å². The van der Waals surface area contributed by atoms with E-state index in [1.165, 1.54) is 12.1 Å². The predicted octanol–water partition coefficient (Wildman–Crippen LogP) is 2.70. The maximum atomic E-state index is 12.8. The lowest BCUT2D eigenvalue weighted by molar-refractivity contribution is 0.336. The summed E-state index contributed by atoms with van der Waals surface area (Å²) >= 11 is 1.94. The van der Waals surface area contributed by atoms with E-state index in [0.717, 1.165) is 0 Å². The average molecular weight is 291 g/mol. The summed E-state index contributed by atoms with van der Waals surface area (Å²) in [7, 11) is 0. The third-order valence-corrected chi connectivity index (χ3v) is 2.22. The van der Waals surface area contributed by atoms with Gasteiger partial charge < -0.3 is 4.74 Å². The van der Waals surface area contributed by atoms with Gasteiger partial charge in [0.25, 0.3) is 0 Å². The lowest BCUT2D eigenvalue weighted by Crippen LogP contribution is -1.97. The summed E-state index contributed by atoms with van der Waals surface area (Å²) in [5.74, 6) is 0.0522. The van der Waals surface area contributed by atoms with Crippen LogP contribution in [0, 0.1) is 20.7 Å². The van der Waals surface area contributed by atoms with Crippen molar-refractivity contribution < 1.29 is 9.13 Å². The molecule has 0 N–H and O–H groups in total. The van der Waals surface area contributed by atoms with E-state index >= 15 is 0 Å². The van der Waals surface area contributed by atoms with Crippen molar-refractivity contribution in [2.45, 2.75) is 6.92 Å². The van der Waals surface area contributed by atoms with Gasteiger partial charge in [-0.15, -0.1) is 0 Å². The number of hydrogen-bond donors (Lipinski definition) is 0. The number of nitriles is 1. The summed E-state index contributed by atoms with van der Waals surface area (Å²) < 4.78 is 18.7. The minimum Gasteiger partial charge on any atom is -0.491 e. The molecule has 13 heavy (non-hydrogen) atoms. The molecule has 0 radical (unpaired) electrons. The molecule has 0 aromatic heterocycles. The minimum absolute atomic E-state index is 0.242. The fraction of sp³-hybridized carbons (Fsp3) is 0.222. The van der Waals surface area contributed by atoms with Crippen molar-refractivity contribution in [3.05, 3.63) is 27.1 Å². The van der Waals surface area contributed by atoms with Crippen LogP contribution in [-0.4, -0.2) is 6.61 Å². The molecule has 68 valence electrons. The van der Waals surface area contributed by atoms with Crippen molar-refractivity contribution in [2.75, 3.05) is 6.61 Å². The third-order valence-electron chi connectivity index (χ3n) is 1.42. The second-order valence-corrected chi connectivity index (χ2v) is 3.47. The molecule has 0 fully saturated rings. The van der Waals surface area contributed by atoms with Crippen LogP contribution >= 0.6 is 22.6 Å². The first-order chi connectivity index (χ1) is 6.19. The number of hydrogen-bond acceptors (Lipinski definition) is 2. The number of rotatable bonds is 2. The van der Waals surface area contributed by atoms with Gasteiger partial charge in [-0.05, 0) is 41.6 Å². The van der Waals surface area contributed by atoms with E-state index in [1.807, 2.05) is 35.6 Å². The Bertz CT molecular complexity index is 359. The van der Waals surface area contributed by atoms with Crippen LogP contribution in [0.1, 0.15) is 12.5 Å². The molecule has 1 rings (SSSR count). The highest BCUT2D eigenvalue weighted by Crippen LogP contribution is 2.26. The molecule has 0 heterocycles. The molecule has 0 aliphatic rings. The highest BCUT2D eigenvalue weighted by molar-refractivity contribution is 14.1. The van der Waals surface area contributed by atoms with Gasteiger partial charge in [0.05, 0.1) is 15.7 Å². The molecular weight excluding hydrogens is 284 g/mol. The summed E-state index contributed by atoms with van der Waals surface area (Å²) in [6.45, 7) is 2.29. The largest absolute Gasteiger partial charge is 0.491 e. The first-order valence-electron chi connectivity index (χ1n) is 3.71. The third kappa shape index (κ3) is 2.31. The Hall–Kier alpha value is -0.830. The lowest BCUT2D eigenvalue weighted by Gasteiger charge is -2.07. The molecule has 0 saturated heterocycles. The molecule has 0 amide bonds. The Morgan fingerprint density at radius 2 is 2.31 bits per heavy atom. The van der Waals surface area contributed by atoms with Crippen LogP contribution in [0.5, 0.6) is 5.75 Å². The van der Waals surface area contributed by atoms with E-state index in [1.54, 1.807) is 0 Å². The zero-order valence-corrected chi connectivity index (χ0v) is 9.13. The van der Waals surface area contributed by atoms with Gasteiger partial charge >= 0.3 is 0 Å². The quantitative estimate of drug-likeness (QED) is 0.785. The van der Waals surface area contributed by atoms with Crippen molar-refractivity contribution in [1.29, 1.82) is 5.26 Å². The summed E-state index contributed by atoms with van der Waals surface area (Å²) in [4.78, 5) is 0. The predicted molar refractivity (Wildman–Crippen MR) is 55.0 cm³/mol. The Morgan fingerprint density at radius 1 is 1.62 bits per heavy atom. The van der Waals surface area contributed by atoms with Crippen LogP contribution in [0.2, 0.25) is 0 Å². The summed E-state index contributed by atoms with van der Waals surface area (Å²) in [6, 6.07) is 4.41. The first-order valence-corrected chi connectivity index (χ1v) is 4.78. The van der Waals surface area contributed by atoms with E-state index in [9.17, 15) is 4.39 Å². The van der Waals surface area contributed by atoms with Crippen LogP contribution in [-0.2, 0) is 0 Å². The van der Waals surface area contributed by atoms with Gasteiger partial charge in [0.2, 0.25) is 0 Å². The maximum absolute atomic E-state index is 12.8. The van der Waals surface area contributed by atoms with Gasteiger partial charge in [0, 0.05) is 0 Å². The van der Waals surface area contributed by atoms with E-state index in [4.69, 9.17) is 10.00 Å². The SMILES string of the molecule is CCOc1c(I)cc(F)cc1C#N. The molecule has 4 heteroatoms. The number of halogens is 2. The number of nitrogens with zero attached hydrogens (tertiary/aromatic N) is 1.